The van der Waals surface area contributed by atoms with Gasteiger partial charge in [-0.05, 0) is 48.7 Å². The number of nitrogens with one attached hydrogen (secondary N) is 2. The molecule has 1 aliphatic carbocycles. The van der Waals surface area contributed by atoms with Crippen LogP contribution in [0.15, 0.2) is 36.4 Å². The zero-order valence-electron chi connectivity index (χ0n) is 19.9. The molecule has 1 fully saturated rings. The van der Waals surface area contributed by atoms with Crippen molar-refractivity contribution in [3.63, 3.8) is 0 Å². The lowest BCUT2D eigenvalue weighted by Gasteiger charge is -2.22. The van der Waals surface area contributed by atoms with Crippen LogP contribution < -0.4 is 10.6 Å². The number of alkyl halides is 9. The first-order chi connectivity index (χ1) is 18.6. The van der Waals surface area contributed by atoms with Gasteiger partial charge in [-0.25, -0.2) is 4.39 Å². The monoisotopic (exact) mass is 674 g/mol. The number of amides is 1. The van der Waals surface area contributed by atoms with E-state index in [9.17, 15) is 44.3 Å². The predicted molar refractivity (Wildman–Crippen MR) is 137 cm³/mol. The van der Waals surface area contributed by atoms with Gasteiger partial charge in [-0.15, -0.1) is 0 Å². The van der Waals surface area contributed by atoms with E-state index >= 15 is 4.39 Å². The standard InChI is InChI=1S/C24H15Cl3F10N2OS/c25-15-6-11(7-16(26)18(15)27)13(23(32,33)34)8-17(28)10-1-2-12(14(5-10)24(35,36)37)19(40)39-21(3-4-21)20(41)38-9-22(29,30)31/h1-2,5-8,13H,3-4,9H2,(H,38,41)(H,39,40). The third-order valence-corrected chi connectivity index (χ3v) is 7.60. The second-order valence-corrected chi connectivity index (χ2v) is 10.5. The van der Waals surface area contributed by atoms with Gasteiger partial charge in [0.25, 0.3) is 5.91 Å². The van der Waals surface area contributed by atoms with E-state index < -0.39 is 75.5 Å². The number of hydrogen-bond donors (Lipinski definition) is 2. The number of rotatable bonds is 7. The second-order valence-electron chi connectivity index (χ2n) is 8.92. The van der Waals surface area contributed by atoms with Crippen molar-refractivity contribution in [2.75, 3.05) is 6.54 Å². The van der Waals surface area contributed by atoms with Crippen molar-refractivity contribution < 1.29 is 48.7 Å². The van der Waals surface area contributed by atoms with Crippen LogP contribution >= 0.6 is 47.0 Å². The normalized spacial score (nSPS) is 16.3. The van der Waals surface area contributed by atoms with Crippen molar-refractivity contribution >= 4 is 63.7 Å². The molecule has 0 aliphatic heterocycles. The number of carbonyl (C=O) groups excluding carboxylic acids is 1. The molecule has 0 aromatic heterocycles. The van der Waals surface area contributed by atoms with Gasteiger partial charge in [0.05, 0.1) is 31.7 Å². The average molecular weight is 676 g/mol. The fourth-order valence-electron chi connectivity index (χ4n) is 3.67. The fraction of sp³-hybridized carbons (Fsp3) is 0.333. The van der Waals surface area contributed by atoms with Gasteiger partial charge in [-0.1, -0.05) is 53.1 Å². The van der Waals surface area contributed by atoms with Crippen LogP contribution in [-0.4, -0.2) is 35.3 Å². The van der Waals surface area contributed by atoms with Gasteiger partial charge in [0.1, 0.15) is 23.3 Å². The second kappa shape index (κ2) is 11.8. The summed E-state index contributed by atoms with van der Waals surface area (Å²) in [6.07, 6.45) is -15.0. The van der Waals surface area contributed by atoms with Gasteiger partial charge in [-0.2, -0.15) is 39.5 Å². The minimum atomic E-state index is -5.28. The zero-order chi connectivity index (χ0) is 31.1. The van der Waals surface area contributed by atoms with Crippen molar-refractivity contribution in [1.29, 1.82) is 0 Å². The molecule has 3 nitrogen and oxygen atoms in total. The van der Waals surface area contributed by atoms with Crippen LogP contribution in [0, 0.1) is 0 Å². The number of allylic oxidation sites excluding steroid dienone is 1. The van der Waals surface area contributed by atoms with Crippen LogP contribution in [-0.2, 0) is 6.18 Å². The summed E-state index contributed by atoms with van der Waals surface area (Å²) in [6, 6.07) is 2.85. The zero-order valence-corrected chi connectivity index (χ0v) is 23.0. The Kier molecular flexibility index (Phi) is 9.53. The maximum Gasteiger partial charge on any atom is 0.417 e. The summed E-state index contributed by atoms with van der Waals surface area (Å²) >= 11 is 22.1. The van der Waals surface area contributed by atoms with E-state index in [0.29, 0.717) is 12.1 Å². The minimum Gasteiger partial charge on any atom is -0.369 e. The Balaban J connectivity index is 1.96. The molecule has 0 spiro atoms. The summed E-state index contributed by atoms with van der Waals surface area (Å²) < 4.78 is 135. The van der Waals surface area contributed by atoms with Gasteiger partial charge in [-0.3, -0.25) is 4.79 Å². The Morgan fingerprint density at radius 1 is 0.976 bits per heavy atom. The number of thiocarbonyl (C=S) groups is 1. The molecule has 1 amide bonds. The van der Waals surface area contributed by atoms with E-state index in [4.69, 9.17) is 47.0 Å². The third-order valence-electron chi connectivity index (χ3n) is 5.86. The summed E-state index contributed by atoms with van der Waals surface area (Å²) in [7, 11) is 0. The molecule has 17 heteroatoms. The first-order valence-electron chi connectivity index (χ1n) is 11.1. The third kappa shape index (κ3) is 8.17. The topological polar surface area (TPSA) is 41.1 Å². The van der Waals surface area contributed by atoms with E-state index in [0.717, 1.165) is 12.1 Å². The van der Waals surface area contributed by atoms with Crippen LogP contribution in [0.4, 0.5) is 43.9 Å². The molecule has 2 aromatic carbocycles. The average Bonchev–Trinajstić information content (AvgIpc) is 3.62. The summed E-state index contributed by atoms with van der Waals surface area (Å²) in [4.78, 5) is 12.3. The van der Waals surface area contributed by atoms with Crippen LogP contribution in [0.2, 0.25) is 15.1 Å². The Labute approximate surface area is 245 Å². The molecule has 1 unspecified atom stereocenters. The van der Waals surface area contributed by atoms with E-state index in [1.807, 2.05) is 5.32 Å². The van der Waals surface area contributed by atoms with Gasteiger partial charge in [0.2, 0.25) is 0 Å². The smallest absolute Gasteiger partial charge is 0.369 e. The molecule has 1 saturated carbocycles. The molecule has 1 aliphatic rings. The van der Waals surface area contributed by atoms with Crippen LogP contribution in [0.3, 0.4) is 0 Å². The van der Waals surface area contributed by atoms with Crippen LogP contribution in [0.25, 0.3) is 5.83 Å². The lowest BCUT2D eigenvalue weighted by molar-refractivity contribution is -0.140. The van der Waals surface area contributed by atoms with E-state index in [1.54, 1.807) is 0 Å². The Morgan fingerprint density at radius 3 is 2.00 bits per heavy atom. The maximum absolute atomic E-state index is 15.0. The highest BCUT2D eigenvalue weighted by molar-refractivity contribution is 7.80. The molecule has 3 rings (SSSR count). The first kappa shape index (κ1) is 33.2. The fourth-order valence-corrected chi connectivity index (χ4v) is 4.61. The first-order valence-corrected chi connectivity index (χ1v) is 12.7. The number of carbonyl (C=O) groups is 1. The Bertz CT molecular complexity index is 1360. The number of hydrogen-bond acceptors (Lipinski definition) is 2. The summed E-state index contributed by atoms with van der Waals surface area (Å²) in [5.41, 5.74) is -5.88. The number of halogens is 13. The van der Waals surface area contributed by atoms with Crippen LogP contribution in [0.5, 0.6) is 0 Å². The van der Waals surface area contributed by atoms with Crippen molar-refractivity contribution in [1.82, 2.24) is 10.6 Å². The molecule has 224 valence electrons. The van der Waals surface area contributed by atoms with Crippen molar-refractivity contribution in [3.8, 4) is 0 Å². The molecule has 1 atom stereocenters. The summed E-state index contributed by atoms with van der Waals surface area (Å²) in [6.45, 7) is -1.54. The van der Waals surface area contributed by atoms with Crippen molar-refractivity contribution in [2.24, 2.45) is 0 Å². The summed E-state index contributed by atoms with van der Waals surface area (Å²) in [5, 5.41) is 3.04. The molecule has 0 radical (unpaired) electrons. The van der Waals surface area contributed by atoms with E-state index in [1.165, 1.54) is 0 Å². The van der Waals surface area contributed by atoms with Crippen molar-refractivity contribution in [3.05, 3.63) is 73.7 Å². The van der Waals surface area contributed by atoms with Crippen LogP contribution in [0.1, 0.15) is 45.8 Å². The van der Waals surface area contributed by atoms with Gasteiger partial charge >= 0.3 is 18.5 Å². The highest BCUT2D eigenvalue weighted by Gasteiger charge is 2.50. The largest absolute Gasteiger partial charge is 0.417 e. The van der Waals surface area contributed by atoms with Gasteiger partial charge < -0.3 is 10.6 Å². The lowest BCUT2D eigenvalue weighted by atomic mass is 9.95. The lowest BCUT2D eigenvalue weighted by Crippen LogP contribution is -2.50. The molecule has 2 N–H and O–H groups in total. The molecular formula is C24H15Cl3F10N2OS. The molecular weight excluding hydrogens is 661 g/mol. The van der Waals surface area contributed by atoms with Gasteiger partial charge in [0.15, 0.2) is 0 Å². The Morgan fingerprint density at radius 2 is 1.54 bits per heavy atom. The van der Waals surface area contributed by atoms with Crippen molar-refractivity contribution in [2.45, 2.75) is 42.8 Å². The molecule has 0 bridgehead atoms. The molecule has 0 heterocycles. The quantitative estimate of drug-likeness (QED) is 0.175. The molecule has 2 aromatic rings. The highest BCUT2D eigenvalue weighted by Crippen LogP contribution is 2.43. The van der Waals surface area contributed by atoms with E-state index in [2.05, 4.69) is 5.32 Å². The summed E-state index contributed by atoms with van der Waals surface area (Å²) in [5.74, 6) is -5.81. The van der Waals surface area contributed by atoms with Gasteiger partial charge in [0, 0.05) is 5.56 Å². The maximum atomic E-state index is 15.0. The molecule has 41 heavy (non-hydrogen) atoms. The molecule has 0 saturated heterocycles. The minimum absolute atomic E-state index is 0.00900. The van der Waals surface area contributed by atoms with E-state index in [-0.39, 0.29) is 40.1 Å². The SMILES string of the molecule is O=C(NC1(C(=S)NCC(F)(F)F)CC1)c1ccc(C(F)=CC(c2cc(Cl)c(Cl)c(Cl)c2)C(F)(F)F)cc1C(F)(F)F. The highest BCUT2D eigenvalue weighted by atomic mass is 35.5. The number of benzene rings is 2. The predicted octanol–water partition coefficient (Wildman–Crippen LogP) is 9.06. The Hall–Kier alpha value is -2.29.